The van der Waals surface area contributed by atoms with Crippen molar-refractivity contribution in [2.24, 2.45) is 0 Å². The number of rotatable bonds is 2. The third-order valence-corrected chi connectivity index (χ3v) is 5.25. The van der Waals surface area contributed by atoms with E-state index in [1.165, 1.54) is 4.88 Å². The zero-order valence-corrected chi connectivity index (χ0v) is 13.7. The van der Waals surface area contributed by atoms with E-state index >= 15 is 0 Å². The van der Waals surface area contributed by atoms with Crippen molar-refractivity contribution in [1.82, 2.24) is 9.97 Å². The summed E-state index contributed by atoms with van der Waals surface area (Å²) in [7, 11) is 0. The molecule has 0 bridgehead atoms. The van der Waals surface area contributed by atoms with Gasteiger partial charge in [-0.1, -0.05) is 28.1 Å². The lowest BCUT2D eigenvalue weighted by Crippen LogP contribution is -1.79. The maximum absolute atomic E-state index is 4.73. The number of halogens is 1. The summed E-state index contributed by atoms with van der Waals surface area (Å²) in [6, 6.07) is 8.24. The summed E-state index contributed by atoms with van der Waals surface area (Å²) in [6.45, 7) is 4.07. The number of aryl methyl sites for hydroxylation is 2. The number of aromatic nitrogens is 2. The Morgan fingerprint density at radius 2 is 1.79 bits per heavy atom. The highest BCUT2D eigenvalue weighted by atomic mass is 79.9. The summed E-state index contributed by atoms with van der Waals surface area (Å²) in [4.78, 5) is 10.4. The van der Waals surface area contributed by atoms with Gasteiger partial charge in [0.25, 0.3) is 0 Å². The summed E-state index contributed by atoms with van der Waals surface area (Å²) in [5, 5.41) is 4.25. The second-order valence-corrected chi connectivity index (χ2v) is 7.17. The highest BCUT2D eigenvalue weighted by Crippen LogP contribution is 2.34. The minimum absolute atomic E-state index is 1.03. The van der Waals surface area contributed by atoms with E-state index in [9.17, 15) is 0 Å². The quantitative estimate of drug-likeness (QED) is 0.625. The van der Waals surface area contributed by atoms with Crippen LogP contribution in [0.4, 0.5) is 0 Å². The van der Waals surface area contributed by atoms with Crippen molar-refractivity contribution in [3.05, 3.63) is 44.8 Å². The molecule has 0 amide bonds. The van der Waals surface area contributed by atoms with E-state index in [4.69, 9.17) is 4.98 Å². The zero-order chi connectivity index (χ0) is 13.4. The Morgan fingerprint density at radius 1 is 1.05 bits per heavy atom. The smallest absolute Gasteiger partial charge is 0.124 e. The molecule has 0 aliphatic rings. The molecule has 0 fully saturated rings. The molecular weight excluding hydrogens is 340 g/mol. The minimum Gasteiger partial charge on any atom is -0.246 e. The van der Waals surface area contributed by atoms with Gasteiger partial charge in [0.1, 0.15) is 5.01 Å². The third kappa shape index (κ3) is 2.63. The highest BCUT2D eigenvalue weighted by molar-refractivity contribution is 9.10. The van der Waals surface area contributed by atoms with Crippen LogP contribution < -0.4 is 0 Å². The van der Waals surface area contributed by atoms with E-state index < -0.39 is 0 Å². The Hall–Kier alpha value is -1.04. The molecule has 0 radical (unpaired) electrons. The molecule has 0 atom stereocenters. The van der Waals surface area contributed by atoms with Gasteiger partial charge in [-0.15, -0.1) is 22.7 Å². The summed E-state index contributed by atoms with van der Waals surface area (Å²) < 4.78 is 1.09. The maximum atomic E-state index is 4.73. The average molecular weight is 351 g/mol. The van der Waals surface area contributed by atoms with Gasteiger partial charge in [-0.25, -0.2) is 9.97 Å². The van der Waals surface area contributed by atoms with Crippen LogP contribution in [-0.2, 0) is 0 Å². The van der Waals surface area contributed by atoms with E-state index in [2.05, 4.69) is 38.4 Å². The first-order chi connectivity index (χ1) is 9.13. The molecule has 0 saturated heterocycles. The predicted molar refractivity (Wildman–Crippen MR) is 85.8 cm³/mol. The Labute approximate surface area is 128 Å². The molecule has 96 valence electrons. The predicted octanol–water partition coefficient (Wildman–Crippen LogP) is 5.31. The van der Waals surface area contributed by atoms with Gasteiger partial charge in [0.2, 0.25) is 0 Å². The fourth-order valence-corrected chi connectivity index (χ4v) is 3.91. The van der Waals surface area contributed by atoms with Gasteiger partial charge in [-0.2, -0.15) is 0 Å². The van der Waals surface area contributed by atoms with Crippen LogP contribution in [0.15, 0.2) is 34.1 Å². The summed E-state index contributed by atoms with van der Waals surface area (Å²) in [6.07, 6.45) is 0. The number of thiazole rings is 2. The van der Waals surface area contributed by atoms with Crippen LogP contribution in [-0.4, -0.2) is 9.97 Å². The van der Waals surface area contributed by atoms with Gasteiger partial charge in [-0.3, -0.25) is 0 Å². The van der Waals surface area contributed by atoms with E-state index in [1.807, 2.05) is 26.0 Å². The summed E-state index contributed by atoms with van der Waals surface area (Å²) in [5.74, 6) is 0. The van der Waals surface area contributed by atoms with Crippen molar-refractivity contribution < 1.29 is 0 Å². The van der Waals surface area contributed by atoms with Crippen LogP contribution in [0.3, 0.4) is 0 Å². The standard InChI is InChI=1S/C14H11BrN2S2/c1-8-13(19-9(2)16-8)12-7-18-14(17-12)10-3-5-11(15)6-4-10/h3-7H,1-2H3. The van der Waals surface area contributed by atoms with Gasteiger partial charge in [0, 0.05) is 15.4 Å². The summed E-state index contributed by atoms with van der Waals surface area (Å²) >= 11 is 6.83. The second-order valence-electron chi connectivity index (χ2n) is 4.19. The maximum Gasteiger partial charge on any atom is 0.124 e. The molecule has 2 aromatic heterocycles. The summed E-state index contributed by atoms with van der Waals surface area (Å²) in [5.41, 5.74) is 3.25. The van der Waals surface area contributed by atoms with E-state index in [0.29, 0.717) is 0 Å². The fourth-order valence-electron chi connectivity index (χ4n) is 1.87. The molecule has 3 aromatic rings. The first-order valence-electron chi connectivity index (χ1n) is 5.79. The molecule has 5 heteroatoms. The SMILES string of the molecule is Cc1nc(C)c(-c2csc(-c3ccc(Br)cc3)n2)s1. The van der Waals surface area contributed by atoms with Crippen molar-refractivity contribution in [2.45, 2.75) is 13.8 Å². The van der Waals surface area contributed by atoms with E-state index in [-0.39, 0.29) is 0 Å². The first kappa shape index (κ1) is 13.0. The Balaban J connectivity index is 1.99. The van der Waals surface area contributed by atoms with Crippen LogP contribution in [0.2, 0.25) is 0 Å². The molecular formula is C14H11BrN2S2. The third-order valence-electron chi connectivity index (χ3n) is 2.73. The van der Waals surface area contributed by atoms with Crippen LogP contribution in [0.5, 0.6) is 0 Å². The second kappa shape index (κ2) is 5.15. The molecule has 2 heterocycles. The number of nitrogens with zero attached hydrogens (tertiary/aromatic N) is 2. The van der Waals surface area contributed by atoms with Gasteiger partial charge in [-0.05, 0) is 26.0 Å². The lowest BCUT2D eigenvalue weighted by Gasteiger charge is -1.96. The molecule has 0 unspecified atom stereocenters. The highest BCUT2D eigenvalue weighted by Gasteiger charge is 2.12. The van der Waals surface area contributed by atoms with Gasteiger partial charge >= 0.3 is 0 Å². The lowest BCUT2D eigenvalue weighted by molar-refractivity contribution is 1.20. The van der Waals surface area contributed by atoms with Crippen LogP contribution in [0.1, 0.15) is 10.7 Å². The Bertz CT molecular complexity index is 713. The molecule has 0 aliphatic heterocycles. The normalized spacial score (nSPS) is 10.9. The van der Waals surface area contributed by atoms with Gasteiger partial charge in [0.05, 0.1) is 21.3 Å². The van der Waals surface area contributed by atoms with Crippen molar-refractivity contribution in [3.8, 4) is 21.1 Å². The van der Waals surface area contributed by atoms with E-state index in [0.717, 1.165) is 31.4 Å². The monoisotopic (exact) mass is 350 g/mol. The van der Waals surface area contributed by atoms with Crippen molar-refractivity contribution in [3.63, 3.8) is 0 Å². The lowest BCUT2D eigenvalue weighted by atomic mass is 10.2. The van der Waals surface area contributed by atoms with Crippen LogP contribution in [0.25, 0.3) is 21.1 Å². The van der Waals surface area contributed by atoms with Crippen LogP contribution in [0, 0.1) is 13.8 Å². The molecule has 2 nitrogen and oxygen atoms in total. The van der Waals surface area contributed by atoms with Crippen molar-refractivity contribution in [2.75, 3.05) is 0 Å². The zero-order valence-electron chi connectivity index (χ0n) is 10.5. The average Bonchev–Trinajstić information content (AvgIpc) is 2.97. The largest absolute Gasteiger partial charge is 0.246 e. The van der Waals surface area contributed by atoms with Gasteiger partial charge < -0.3 is 0 Å². The number of hydrogen-bond acceptors (Lipinski definition) is 4. The first-order valence-corrected chi connectivity index (χ1v) is 8.28. The Kier molecular flexibility index (Phi) is 3.52. The topological polar surface area (TPSA) is 25.8 Å². The fraction of sp³-hybridized carbons (Fsp3) is 0.143. The number of benzene rings is 1. The van der Waals surface area contributed by atoms with Gasteiger partial charge in [0.15, 0.2) is 0 Å². The molecule has 0 spiro atoms. The Morgan fingerprint density at radius 3 is 2.42 bits per heavy atom. The van der Waals surface area contributed by atoms with E-state index in [1.54, 1.807) is 22.7 Å². The van der Waals surface area contributed by atoms with Crippen LogP contribution >= 0.6 is 38.6 Å². The van der Waals surface area contributed by atoms with Crippen molar-refractivity contribution in [1.29, 1.82) is 0 Å². The number of hydrogen-bond donors (Lipinski definition) is 0. The molecule has 19 heavy (non-hydrogen) atoms. The molecule has 3 rings (SSSR count). The molecule has 0 aliphatic carbocycles. The minimum atomic E-state index is 1.03. The molecule has 1 aromatic carbocycles. The molecule has 0 N–H and O–H groups in total. The molecule has 0 saturated carbocycles. The van der Waals surface area contributed by atoms with Crippen molar-refractivity contribution >= 4 is 38.6 Å².